The van der Waals surface area contributed by atoms with Crippen molar-refractivity contribution in [2.45, 2.75) is 68.9 Å². The molecule has 1 aliphatic heterocycles. The van der Waals surface area contributed by atoms with Gasteiger partial charge in [0.25, 0.3) is 11.8 Å². The van der Waals surface area contributed by atoms with Crippen LogP contribution in [0.5, 0.6) is 0 Å². The number of benzene rings is 1. The number of hydrogen-bond acceptors (Lipinski definition) is 8. The monoisotopic (exact) mass is 590 g/mol. The Morgan fingerprint density at radius 3 is 2.41 bits per heavy atom. The highest BCUT2D eigenvalue weighted by Gasteiger charge is 2.61. The summed E-state index contributed by atoms with van der Waals surface area (Å²) in [5, 5.41) is 38.9. The summed E-state index contributed by atoms with van der Waals surface area (Å²) in [6, 6.07) is 8.19. The normalized spacial score (nSPS) is 22.1. The van der Waals surface area contributed by atoms with Crippen molar-refractivity contribution in [3.05, 3.63) is 59.1 Å². The van der Waals surface area contributed by atoms with Crippen molar-refractivity contribution < 1.29 is 55.6 Å². The molecule has 1 amide bonds. The number of rotatable bonds is 4. The maximum absolute atomic E-state index is 14.8. The zero-order valence-corrected chi connectivity index (χ0v) is 21.0. The lowest BCUT2D eigenvalue weighted by atomic mass is 9.92. The van der Waals surface area contributed by atoms with Gasteiger partial charge in [0.15, 0.2) is 5.69 Å². The first-order chi connectivity index (χ1) is 19.2. The van der Waals surface area contributed by atoms with Gasteiger partial charge in [0.1, 0.15) is 0 Å². The standard InChI is InChI=1S/C25H24F6N4O6/c26-24(27,28)15-11-16(32-22(38)39)19-20-34-35-21(41-20)23(25(29,30)31,40-12-13-5-2-1-3-6-13)10-9-14(36)7-4-8-17(37)18(15)33-19/h1-3,5-6,11,14,17,32,36-37H,4,7-10,12H2,(H,38,39)/t14?,17?,23-/m1/s1. The summed E-state index contributed by atoms with van der Waals surface area (Å²) in [5.74, 6) is -1.99. The van der Waals surface area contributed by atoms with E-state index >= 15 is 0 Å². The van der Waals surface area contributed by atoms with Crippen LogP contribution < -0.4 is 5.32 Å². The molecular formula is C25H24F6N4O6. The lowest BCUT2D eigenvalue weighted by molar-refractivity contribution is -0.300. The molecule has 222 valence electrons. The summed E-state index contributed by atoms with van der Waals surface area (Å²) in [6.45, 7) is -0.561. The molecule has 0 aliphatic carbocycles. The molecule has 2 unspecified atom stereocenters. The number of halogens is 6. The Bertz CT molecular complexity index is 1370. The number of carbonyl (C=O) groups is 1. The Hall–Kier alpha value is -3.76. The predicted molar refractivity (Wildman–Crippen MR) is 127 cm³/mol. The summed E-state index contributed by atoms with van der Waals surface area (Å²) in [7, 11) is 0. The number of aromatic nitrogens is 3. The number of hydrogen-bond donors (Lipinski definition) is 4. The number of fused-ring (bicyclic) bond motifs is 5. The van der Waals surface area contributed by atoms with Gasteiger partial charge in [-0.2, -0.15) is 26.3 Å². The van der Waals surface area contributed by atoms with Crippen LogP contribution in [0.25, 0.3) is 11.6 Å². The Labute approximate surface area is 228 Å². The SMILES string of the molecule is O=C(O)Nc1cc(C(F)(F)F)c2nc1-c1nnc(o1)[C@@](OCc1ccccc1)(C(F)(F)F)CCC(O)CCCC2O. The van der Waals surface area contributed by atoms with E-state index in [1.807, 2.05) is 0 Å². The van der Waals surface area contributed by atoms with E-state index < -0.39 is 90.1 Å². The zero-order valence-electron chi connectivity index (χ0n) is 21.0. The fourth-order valence-electron chi connectivity index (χ4n) is 4.43. The van der Waals surface area contributed by atoms with Crippen LogP contribution in [0.15, 0.2) is 40.8 Å². The molecule has 3 aromatic rings. The van der Waals surface area contributed by atoms with Crippen LogP contribution in [0, 0.1) is 0 Å². The summed E-state index contributed by atoms with van der Waals surface area (Å²) >= 11 is 0. The summed E-state index contributed by atoms with van der Waals surface area (Å²) in [4.78, 5) is 15.1. The highest BCUT2D eigenvalue weighted by molar-refractivity contribution is 5.88. The van der Waals surface area contributed by atoms with E-state index in [4.69, 9.17) is 9.15 Å². The second-order valence-corrected chi connectivity index (χ2v) is 9.40. The fourth-order valence-corrected chi connectivity index (χ4v) is 4.43. The molecule has 0 fully saturated rings. The number of aliphatic hydroxyl groups excluding tert-OH is 2. The van der Waals surface area contributed by atoms with E-state index in [2.05, 4.69) is 15.2 Å². The molecule has 3 atom stereocenters. The summed E-state index contributed by atoms with van der Waals surface area (Å²) < 4.78 is 96.7. The molecule has 16 heteroatoms. The minimum absolute atomic E-state index is 0.0753. The number of nitrogens with one attached hydrogen (secondary N) is 1. The van der Waals surface area contributed by atoms with Crippen LogP contribution in [0.3, 0.4) is 0 Å². The number of amides is 1. The topological polar surface area (TPSA) is 151 Å². The quantitative estimate of drug-likeness (QED) is 0.286. The summed E-state index contributed by atoms with van der Waals surface area (Å²) in [5.41, 5.74) is -6.86. The smallest absolute Gasteiger partial charge is 0.426 e. The lowest BCUT2D eigenvalue weighted by Crippen LogP contribution is -2.45. The van der Waals surface area contributed by atoms with Crippen molar-refractivity contribution >= 4 is 11.8 Å². The van der Waals surface area contributed by atoms with Gasteiger partial charge in [-0.25, -0.2) is 9.78 Å². The maximum atomic E-state index is 14.8. The van der Waals surface area contributed by atoms with Gasteiger partial charge in [0.2, 0.25) is 5.60 Å². The predicted octanol–water partition coefficient (Wildman–Crippen LogP) is 5.57. The average molecular weight is 590 g/mol. The number of alkyl halides is 6. The zero-order chi connectivity index (χ0) is 30.0. The third-order valence-electron chi connectivity index (χ3n) is 6.52. The van der Waals surface area contributed by atoms with Crippen molar-refractivity contribution in [3.8, 4) is 11.6 Å². The molecule has 3 heterocycles. The van der Waals surface area contributed by atoms with E-state index in [9.17, 15) is 46.5 Å². The molecule has 4 bridgehead atoms. The second kappa shape index (κ2) is 11.6. The van der Waals surface area contributed by atoms with E-state index in [-0.39, 0.29) is 19.3 Å². The summed E-state index contributed by atoms with van der Waals surface area (Å²) in [6.07, 6.45) is -17.2. The van der Waals surface area contributed by atoms with Gasteiger partial charge in [-0.05, 0) is 43.7 Å². The van der Waals surface area contributed by atoms with Gasteiger partial charge < -0.3 is 24.5 Å². The number of nitrogens with zero attached hydrogens (tertiary/aromatic N) is 3. The van der Waals surface area contributed by atoms with Gasteiger partial charge in [-0.15, -0.1) is 10.2 Å². The maximum Gasteiger partial charge on any atom is 0.426 e. The molecule has 41 heavy (non-hydrogen) atoms. The minimum Gasteiger partial charge on any atom is -0.465 e. The highest BCUT2D eigenvalue weighted by Crippen LogP contribution is 2.47. The van der Waals surface area contributed by atoms with Crippen LogP contribution in [-0.2, 0) is 23.1 Å². The van der Waals surface area contributed by atoms with Crippen LogP contribution in [0.1, 0.15) is 60.9 Å². The van der Waals surface area contributed by atoms with Crippen molar-refractivity contribution in [1.29, 1.82) is 0 Å². The molecule has 1 aliphatic rings. The van der Waals surface area contributed by atoms with E-state index in [0.717, 1.165) is 0 Å². The first kappa shape index (κ1) is 30.2. The molecule has 0 saturated heterocycles. The molecule has 10 nitrogen and oxygen atoms in total. The van der Waals surface area contributed by atoms with Gasteiger partial charge in [-0.3, -0.25) is 5.32 Å². The number of carboxylic acid groups (broad SMARTS) is 1. The van der Waals surface area contributed by atoms with Crippen molar-refractivity contribution in [3.63, 3.8) is 0 Å². The van der Waals surface area contributed by atoms with Crippen LogP contribution in [0.4, 0.5) is 36.8 Å². The first-order valence-electron chi connectivity index (χ1n) is 12.3. The molecule has 0 radical (unpaired) electrons. The van der Waals surface area contributed by atoms with E-state index in [1.54, 1.807) is 23.5 Å². The van der Waals surface area contributed by atoms with Gasteiger partial charge in [-0.1, -0.05) is 30.3 Å². The van der Waals surface area contributed by atoms with Crippen molar-refractivity contribution in [2.24, 2.45) is 0 Å². The van der Waals surface area contributed by atoms with Crippen LogP contribution >= 0.6 is 0 Å². The Kier molecular flexibility index (Phi) is 8.56. The van der Waals surface area contributed by atoms with E-state index in [0.29, 0.717) is 11.6 Å². The largest absolute Gasteiger partial charge is 0.465 e. The van der Waals surface area contributed by atoms with Gasteiger partial charge in [0.05, 0.1) is 35.8 Å². The highest BCUT2D eigenvalue weighted by atomic mass is 19.4. The number of anilines is 1. The minimum atomic E-state index is -5.18. The number of pyridine rings is 1. The Balaban J connectivity index is 1.92. The van der Waals surface area contributed by atoms with Crippen LogP contribution in [0.2, 0.25) is 0 Å². The third-order valence-corrected chi connectivity index (χ3v) is 6.52. The third kappa shape index (κ3) is 6.60. The average Bonchev–Trinajstić information content (AvgIpc) is 3.37. The first-order valence-corrected chi connectivity index (χ1v) is 12.3. The molecule has 1 aromatic carbocycles. The molecule has 2 aromatic heterocycles. The second-order valence-electron chi connectivity index (χ2n) is 9.40. The van der Waals surface area contributed by atoms with Crippen molar-refractivity contribution in [1.82, 2.24) is 15.2 Å². The molecule has 4 N–H and O–H groups in total. The van der Waals surface area contributed by atoms with Gasteiger partial charge in [0, 0.05) is 0 Å². The number of ether oxygens (including phenoxy) is 1. The number of aliphatic hydroxyl groups is 2. The molecule has 4 rings (SSSR count). The molecule has 0 saturated carbocycles. The van der Waals surface area contributed by atoms with Crippen molar-refractivity contribution in [2.75, 3.05) is 5.32 Å². The molecular weight excluding hydrogens is 566 g/mol. The van der Waals surface area contributed by atoms with E-state index in [1.165, 1.54) is 12.1 Å². The Morgan fingerprint density at radius 1 is 1.07 bits per heavy atom. The molecule has 0 spiro atoms. The lowest BCUT2D eigenvalue weighted by Gasteiger charge is -2.33. The Morgan fingerprint density at radius 2 is 1.78 bits per heavy atom. The van der Waals surface area contributed by atoms with Crippen LogP contribution in [-0.4, -0.2) is 48.9 Å². The fraction of sp³-hybridized carbons (Fsp3) is 0.440. The van der Waals surface area contributed by atoms with Gasteiger partial charge >= 0.3 is 18.4 Å².